The van der Waals surface area contributed by atoms with E-state index in [1.807, 2.05) is 14.0 Å². The maximum atomic E-state index is 5.51. The van der Waals surface area contributed by atoms with E-state index in [0.717, 1.165) is 5.69 Å². The summed E-state index contributed by atoms with van der Waals surface area (Å²) in [5.74, 6) is 6.20. The second-order valence-corrected chi connectivity index (χ2v) is 3.31. The molecule has 0 amide bonds. The van der Waals surface area contributed by atoms with Crippen molar-refractivity contribution in [3.05, 3.63) is 11.9 Å². The number of hydrogen-bond acceptors (Lipinski definition) is 5. The molecule has 0 aliphatic rings. The summed E-state index contributed by atoms with van der Waals surface area (Å²) < 4.78 is 12.2. The second kappa shape index (κ2) is 5.11. The summed E-state index contributed by atoms with van der Waals surface area (Å²) in [6, 6.07) is -0.155. The van der Waals surface area contributed by atoms with E-state index in [0.29, 0.717) is 5.75 Å². The first-order valence-electron chi connectivity index (χ1n) is 4.70. The van der Waals surface area contributed by atoms with Crippen LogP contribution in [0, 0.1) is 0 Å². The molecule has 0 bridgehead atoms. The quantitative estimate of drug-likeness (QED) is 0.532. The fraction of sp³-hybridized carbons (Fsp3) is 0.667. The molecule has 2 atom stereocenters. The number of hydrazine groups is 1. The van der Waals surface area contributed by atoms with Gasteiger partial charge in [-0.25, -0.2) is 5.43 Å². The van der Waals surface area contributed by atoms with Crippen molar-refractivity contribution in [2.24, 2.45) is 12.9 Å². The van der Waals surface area contributed by atoms with Crippen molar-refractivity contribution in [1.29, 1.82) is 0 Å². The van der Waals surface area contributed by atoms with Gasteiger partial charge < -0.3 is 9.47 Å². The predicted molar refractivity (Wildman–Crippen MR) is 56.3 cm³/mol. The number of aromatic nitrogens is 2. The number of nitrogens with zero attached hydrogens (tertiary/aromatic N) is 2. The van der Waals surface area contributed by atoms with Crippen molar-refractivity contribution in [3.8, 4) is 5.75 Å². The minimum atomic E-state index is -0.155. The number of rotatable bonds is 5. The number of methoxy groups -OCH3 is 2. The van der Waals surface area contributed by atoms with Crippen molar-refractivity contribution in [1.82, 2.24) is 15.2 Å². The number of hydrogen-bond donors (Lipinski definition) is 2. The van der Waals surface area contributed by atoms with Crippen molar-refractivity contribution in [2.45, 2.75) is 19.1 Å². The Labute approximate surface area is 89.3 Å². The lowest BCUT2D eigenvalue weighted by molar-refractivity contribution is 0.0794. The Morgan fingerprint density at radius 3 is 2.67 bits per heavy atom. The van der Waals surface area contributed by atoms with Crippen LogP contribution in [0.25, 0.3) is 0 Å². The van der Waals surface area contributed by atoms with E-state index in [9.17, 15) is 0 Å². The molecule has 0 fully saturated rings. The molecule has 0 saturated carbocycles. The molecular weight excluding hydrogens is 196 g/mol. The molecule has 86 valence electrons. The van der Waals surface area contributed by atoms with E-state index < -0.39 is 0 Å². The van der Waals surface area contributed by atoms with Gasteiger partial charge in [-0.15, -0.1) is 0 Å². The first kappa shape index (κ1) is 12.0. The molecule has 0 radical (unpaired) electrons. The largest absolute Gasteiger partial charge is 0.493 e. The van der Waals surface area contributed by atoms with Crippen LogP contribution in [-0.4, -0.2) is 30.1 Å². The van der Waals surface area contributed by atoms with Gasteiger partial charge in [-0.1, -0.05) is 0 Å². The second-order valence-electron chi connectivity index (χ2n) is 3.31. The van der Waals surface area contributed by atoms with Crippen molar-refractivity contribution < 1.29 is 9.47 Å². The maximum Gasteiger partial charge on any atom is 0.161 e. The molecule has 1 aromatic heterocycles. The molecule has 1 rings (SSSR count). The minimum absolute atomic E-state index is 0.0701. The smallest absolute Gasteiger partial charge is 0.161 e. The van der Waals surface area contributed by atoms with Gasteiger partial charge in [0, 0.05) is 14.2 Å². The third kappa shape index (κ3) is 2.28. The van der Waals surface area contributed by atoms with Crippen LogP contribution < -0.4 is 16.0 Å². The van der Waals surface area contributed by atoms with Crippen molar-refractivity contribution in [3.63, 3.8) is 0 Å². The van der Waals surface area contributed by atoms with E-state index in [-0.39, 0.29) is 12.1 Å². The SMILES string of the molecule is COc1cnn(C)c1C(NN)C(C)OC. The molecule has 1 aromatic rings. The first-order valence-corrected chi connectivity index (χ1v) is 4.70. The summed E-state index contributed by atoms with van der Waals surface area (Å²) >= 11 is 0. The van der Waals surface area contributed by atoms with Crippen LogP contribution in [0.5, 0.6) is 5.75 Å². The minimum Gasteiger partial charge on any atom is -0.493 e. The zero-order valence-electron chi connectivity index (χ0n) is 9.52. The standard InChI is InChI=1S/C9H18N4O2/c1-6(14-3)8(12-10)9-7(15-4)5-11-13(9)2/h5-6,8,12H,10H2,1-4H3. The van der Waals surface area contributed by atoms with Gasteiger partial charge in [0.25, 0.3) is 0 Å². The van der Waals surface area contributed by atoms with E-state index in [2.05, 4.69) is 10.5 Å². The number of nitrogens with one attached hydrogen (secondary N) is 1. The number of ether oxygens (including phenoxy) is 2. The fourth-order valence-corrected chi connectivity index (χ4v) is 1.51. The van der Waals surface area contributed by atoms with Crippen LogP contribution in [0.15, 0.2) is 6.20 Å². The van der Waals surface area contributed by atoms with E-state index in [1.54, 1.807) is 25.1 Å². The highest BCUT2D eigenvalue weighted by Gasteiger charge is 2.24. The highest BCUT2D eigenvalue weighted by Crippen LogP contribution is 2.26. The van der Waals surface area contributed by atoms with Crippen LogP contribution in [0.4, 0.5) is 0 Å². The van der Waals surface area contributed by atoms with Crippen LogP contribution in [0.3, 0.4) is 0 Å². The molecule has 0 saturated heterocycles. The van der Waals surface area contributed by atoms with Gasteiger partial charge in [0.1, 0.15) is 5.69 Å². The van der Waals surface area contributed by atoms with E-state index >= 15 is 0 Å². The highest BCUT2D eigenvalue weighted by atomic mass is 16.5. The molecule has 0 spiro atoms. The summed E-state index contributed by atoms with van der Waals surface area (Å²) in [4.78, 5) is 0. The lowest BCUT2D eigenvalue weighted by Gasteiger charge is -2.22. The van der Waals surface area contributed by atoms with E-state index in [4.69, 9.17) is 15.3 Å². The third-order valence-corrected chi connectivity index (χ3v) is 2.48. The lowest BCUT2D eigenvalue weighted by atomic mass is 10.1. The zero-order chi connectivity index (χ0) is 11.4. The lowest BCUT2D eigenvalue weighted by Crippen LogP contribution is -2.37. The van der Waals surface area contributed by atoms with Gasteiger partial charge in [0.05, 0.1) is 25.5 Å². The Hall–Kier alpha value is -1.11. The molecular formula is C9H18N4O2. The molecule has 0 aliphatic heterocycles. The van der Waals surface area contributed by atoms with Gasteiger partial charge in [-0.05, 0) is 6.92 Å². The summed E-state index contributed by atoms with van der Waals surface area (Å²) in [6.07, 6.45) is 1.58. The molecule has 3 N–H and O–H groups in total. The topological polar surface area (TPSA) is 74.3 Å². The average molecular weight is 214 g/mol. The Kier molecular flexibility index (Phi) is 4.07. The average Bonchev–Trinajstić information content (AvgIpc) is 2.61. The third-order valence-electron chi connectivity index (χ3n) is 2.48. The monoisotopic (exact) mass is 214 g/mol. The summed E-state index contributed by atoms with van der Waals surface area (Å²) in [5.41, 5.74) is 3.57. The summed E-state index contributed by atoms with van der Waals surface area (Å²) in [5, 5.41) is 4.11. The molecule has 0 aromatic carbocycles. The molecule has 15 heavy (non-hydrogen) atoms. The van der Waals surface area contributed by atoms with Gasteiger partial charge >= 0.3 is 0 Å². The Morgan fingerprint density at radius 1 is 1.53 bits per heavy atom. The maximum absolute atomic E-state index is 5.51. The van der Waals surface area contributed by atoms with Gasteiger partial charge in [-0.2, -0.15) is 5.10 Å². The van der Waals surface area contributed by atoms with E-state index in [1.165, 1.54) is 0 Å². The van der Waals surface area contributed by atoms with Crippen LogP contribution in [-0.2, 0) is 11.8 Å². The van der Waals surface area contributed by atoms with Crippen LogP contribution in [0.2, 0.25) is 0 Å². The molecule has 1 heterocycles. The molecule has 2 unspecified atom stereocenters. The summed E-state index contributed by atoms with van der Waals surface area (Å²) in [7, 11) is 5.08. The number of nitrogens with two attached hydrogens (primary N) is 1. The van der Waals surface area contributed by atoms with Crippen LogP contribution >= 0.6 is 0 Å². The normalized spacial score (nSPS) is 15.0. The summed E-state index contributed by atoms with van der Waals surface area (Å²) in [6.45, 7) is 1.93. The Morgan fingerprint density at radius 2 is 2.20 bits per heavy atom. The van der Waals surface area contributed by atoms with Gasteiger partial charge in [0.15, 0.2) is 5.75 Å². The Bertz CT molecular complexity index is 313. The predicted octanol–water partition coefficient (Wildman–Crippen LogP) is -0.0320. The molecule has 6 heteroatoms. The van der Waals surface area contributed by atoms with Crippen LogP contribution in [0.1, 0.15) is 18.7 Å². The van der Waals surface area contributed by atoms with Gasteiger partial charge in [-0.3, -0.25) is 10.5 Å². The number of aryl methyl sites for hydroxylation is 1. The fourth-order valence-electron chi connectivity index (χ4n) is 1.51. The molecule has 0 aliphatic carbocycles. The Balaban J connectivity index is 3.04. The van der Waals surface area contributed by atoms with Crippen molar-refractivity contribution >= 4 is 0 Å². The van der Waals surface area contributed by atoms with Gasteiger partial charge in [0.2, 0.25) is 0 Å². The molecule has 6 nitrogen and oxygen atoms in total. The zero-order valence-corrected chi connectivity index (χ0v) is 9.52. The first-order chi connectivity index (χ1) is 7.15. The highest BCUT2D eigenvalue weighted by molar-refractivity contribution is 5.28. The van der Waals surface area contributed by atoms with Crippen molar-refractivity contribution in [2.75, 3.05) is 14.2 Å².